The van der Waals surface area contributed by atoms with Crippen molar-refractivity contribution in [3.05, 3.63) is 28.3 Å². The Morgan fingerprint density at radius 3 is 3.00 bits per heavy atom. The highest BCUT2D eigenvalue weighted by atomic mass is 16.3. The average molecular weight is 209 g/mol. The van der Waals surface area contributed by atoms with Gasteiger partial charge in [-0.3, -0.25) is 0 Å². The molecular weight excluding hydrogens is 190 g/mol. The number of hydrogen-bond donors (Lipinski definition) is 2. The average Bonchev–Trinajstić information content (AvgIpc) is 2.26. The molecule has 0 spiro atoms. The van der Waals surface area contributed by atoms with Crippen molar-refractivity contribution in [2.45, 2.75) is 20.3 Å². The molecule has 1 rings (SSSR count). The molecule has 2 N–H and O–H groups in total. The third-order valence-electron chi connectivity index (χ3n) is 2.51. The number of rotatable bonds is 6. The van der Waals surface area contributed by atoms with E-state index >= 15 is 0 Å². The molecule has 0 aliphatic heterocycles. The van der Waals surface area contributed by atoms with Crippen molar-refractivity contribution in [2.24, 2.45) is 11.1 Å². The van der Waals surface area contributed by atoms with Crippen molar-refractivity contribution < 1.29 is 0 Å². The van der Waals surface area contributed by atoms with Gasteiger partial charge < -0.3 is 10.6 Å². The lowest BCUT2D eigenvalue weighted by molar-refractivity contribution is 0.505. The van der Waals surface area contributed by atoms with Gasteiger partial charge in [0.25, 0.3) is 0 Å². The summed E-state index contributed by atoms with van der Waals surface area (Å²) in [6.45, 7) is 6.58. The van der Waals surface area contributed by atoms with Crippen molar-refractivity contribution in [3.63, 3.8) is 0 Å². The molecule has 84 valence electrons. The van der Waals surface area contributed by atoms with Crippen LogP contribution in [-0.4, -0.2) is 19.8 Å². The van der Waals surface area contributed by atoms with E-state index in [0.717, 1.165) is 31.8 Å². The van der Waals surface area contributed by atoms with E-state index in [1.54, 1.807) is 0 Å². The zero-order valence-electron chi connectivity index (χ0n) is 9.42. The van der Waals surface area contributed by atoms with Crippen LogP contribution in [-0.2, 0) is 0 Å². The summed E-state index contributed by atoms with van der Waals surface area (Å²) >= 11 is 0. The van der Waals surface area contributed by atoms with Crippen LogP contribution in [0.3, 0.4) is 0 Å². The van der Waals surface area contributed by atoms with Crippen LogP contribution in [0.5, 0.6) is 0 Å². The van der Waals surface area contributed by atoms with E-state index in [0.29, 0.717) is 5.70 Å². The number of allylic oxidation sites excluding steroid dienone is 3. The molecular formula is C11H19N3O. The highest BCUT2D eigenvalue weighted by Gasteiger charge is 2.17. The lowest BCUT2D eigenvalue weighted by Gasteiger charge is -2.18. The molecule has 0 saturated heterocycles. The van der Waals surface area contributed by atoms with Crippen LogP contribution in [0.2, 0.25) is 0 Å². The fourth-order valence-electron chi connectivity index (χ4n) is 1.61. The smallest absolute Gasteiger partial charge is 0.0898 e. The number of nitrogens with zero attached hydrogens (tertiary/aromatic N) is 1. The molecule has 0 bridgehead atoms. The van der Waals surface area contributed by atoms with Gasteiger partial charge in [0.15, 0.2) is 0 Å². The third kappa shape index (κ3) is 3.93. The second-order valence-corrected chi connectivity index (χ2v) is 3.78. The van der Waals surface area contributed by atoms with Crippen molar-refractivity contribution in [3.8, 4) is 0 Å². The minimum absolute atomic E-state index is 0.227. The van der Waals surface area contributed by atoms with Gasteiger partial charge in [-0.1, -0.05) is 18.6 Å². The molecule has 1 unspecified atom stereocenters. The molecule has 15 heavy (non-hydrogen) atoms. The first-order valence-corrected chi connectivity index (χ1v) is 5.41. The standard InChI is InChI=1S/C11H19N3O/c1-3-12-8-13-7-10-5-4-9(2)6-11(10)14-15/h4,6,10,12-13H,3,5,7-8H2,1-2H3. The normalized spacial score (nSPS) is 20.8. The van der Waals surface area contributed by atoms with Gasteiger partial charge in [0, 0.05) is 19.1 Å². The van der Waals surface area contributed by atoms with E-state index in [2.05, 4.69) is 28.8 Å². The first-order valence-electron chi connectivity index (χ1n) is 5.41. The van der Waals surface area contributed by atoms with Crippen LogP contribution in [0, 0.1) is 10.8 Å². The van der Waals surface area contributed by atoms with E-state index in [-0.39, 0.29) is 5.92 Å². The Morgan fingerprint density at radius 2 is 2.33 bits per heavy atom. The van der Waals surface area contributed by atoms with E-state index in [9.17, 15) is 4.91 Å². The number of hydrogen-bond acceptors (Lipinski definition) is 4. The fourth-order valence-corrected chi connectivity index (χ4v) is 1.61. The minimum Gasteiger partial charge on any atom is -0.305 e. The molecule has 0 heterocycles. The summed E-state index contributed by atoms with van der Waals surface area (Å²) in [6, 6.07) is 0. The topological polar surface area (TPSA) is 53.5 Å². The van der Waals surface area contributed by atoms with Crippen molar-refractivity contribution in [2.75, 3.05) is 19.8 Å². The minimum atomic E-state index is 0.227. The van der Waals surface area contributed by atoms with Crippen LogP contribution >= 0.6 is 0 Å². The van der Waals surface area contributed by atoms with Gasteiger partial charge in [-0.2, -0.15) is 0 Å². The highest BCUT2D eigenvalue weighted by molar-refractivity contribution is 5.27. The summed E-state index contributed by atoms with van der Waals surface area (Å²) in [7, 11) is 0. The Bertz CT molecular complexity index is 271. The first kappa shape index (κ1) is 12.1. The maximum atomic E-state index is 10.6. The third-order valence-corrected chi connectivity index (χ3v) is 2.51. The lowest BCUT2D eigenvalue weighted by atomic mass is 9.94. The predicted molar refractivity (Wildman–Crippen MR) is 62.3 cm³/mol. The molecule has 0 saturated carbocycles. The van der Waals surface area contributed by atoms with Crippen molar-refractivity contribution in [1.82, 2.24) is 10.6 Å². The van der Waals surface area contributed by atoms with Gasteiger partial charge in [0.1, 0.15) is 0 Å². The number of nitrogens with one attached hydrogen (secondary N) is 2. The summed E-state index contributed by atoms with van der Waals surface area (Å²) in [6.07, 6.45) is 4.92. The fraction of sp³-hybridized carbons (Fsp3) is 0.636. The van der Waals surface area contributed by atoms with Crippen LogP contribution in [0.1, 0.15) is 20.3 Å². The molecule has 1 atom stereocenters. The van der Waals surface area contributed by atoms with Gasteiger partial charge in [-0.25, -0.2) is 0 Å². The molecule has 0 radical (unpaired) electrons. The zero-order valence-corrected chi connectivity index (χ0v) is 9.42. The first-order chi connectivity index (χ1) is 7.27. The second-order valence-electron chi connectivity index (χ2n) is 3.78. The zero-order chi connectivity index (χ0) is 11.1. The molecule has 4 heteroatoms. The molecule has 0 aromatic heterocycles. The van der Waals surface area contributed by atoms with E-state index < -0.39 is 0 Å². The van der Waals surface area contributed by atoms with Gasteiger partial charge in [0.05, 0.1) is 5.70 Å². The summed E-state index contributed by atoms with van der Waals surface area (Å²) < 4.78 is 0. The largest absolute Gasteiger partial charge is 0.305 e. The lowest BCUT2D eigenvalue weighted by Crippen LogP contribution is -2.33. The Hall–Kier alpha value is -1.00. The molecule has 0 aromatic rings. The molecule has 0 aromatic carbocycles. The SMILES string of the molecule is CCNCNCC1CC=C(C)C=C1N=O. The summed E-state index contributed by atoms with van der Waals surface area (Å²) in [4.78, 5) is 10.6. The summed E-state index contributed by atoms with van der Waals surface area (Å²) in [5.41, 5.74) is 1.80. The molecule has 0 amide bonds. The highest BCUT2D eigenvalue weighted by Crippen LogP contribution is 2.23. The maximum absolute atomic E-state index is 10.6. The Morgan fingerprint density at radius 1 is 1.53 bits per heavy atom. The van der Waals surface area contributed by atoms with Crippen molar-refractivity contribution in [1.29, 1.82) is 0 Å². The van der Waals surface area contributed by atoms with Crippen LogP contribution in [0.4, 0.5) is 0 Å². The molecule has 1 aliphatic rings. The van der Waals surface area contributed by atoms with E-state index in [4.69, 9.17) is 0 Å². The Labute approximate surface area is 90.8 Å². The van der Waals surface area contributed by atoms with E-state index in [1.165, 1.54) is 0 Å². The monoisotopic (exact) mass is 209 g/mol. The maximum Gasteiger partial charge on any atom is 0.0898 e. The summed E-state index contributed by atoms with van der Waals surface area (Å²) in [5.74, 6) is 0.227. The Kier molecular flexibility index (Phi) is 5.21. The van der Waals surface area contributed by atoms with Crippen molar-refractivity contribution >= 4 is 0 Å². The summed E-state index contributed by atoms with van der Waals surface area (Å²) in [5, 5.41) is 9.52. The van der Waals surface area contributed by atoms with Gasteiger partial charge in [0.2, 0.25) is 0 Å². The van der Waals surface area contributed by atoms with Crippen LogP contribution in [0.25, 0.3) is 0 Å². The quantitative estimate of drug-likeness (QED) is 0.398. The van der Waals surface area contributed by atoms with Gasteiger partial charge in [-0.05, 0) is 31.1 Å². The number of nitroso groups, excluding NO2 is 1. The van der Waals surface area contributed by atoms with Gasteiger partial charge in [-0.15, -0.1) is 4.91 Å². The second kappa shape index (κ2) is 6.48. The Balaban J connectivity index is 2.36. The molecule has 1 aliphatic carbocycles. The molecule has 0 fully saturated rings. The van der Waals surface area contributed by atoms with Gasteiger partial charge >= 0.3 is 0 Å². The van der Waals surface area contributed by atoms with Crippen LogP contribution < -0.4 is 10.6 Å². The van der Waals surface area contributed by atoms with Crippen LogP contribution in [0.15, 0.2) is 28.6 Å². The molecule has 4 nitrogen and oxygen atoms in total. The van der Waals surface area contributed by atoms with E-state index in [1.807, 2.05) is 13.0 Å². The predicted octanol–water partition coefficient (Wildman–Crippen LogP) is 1.76.